The highest BCUT2D eigenvalue weighted by Gasteiger charge is 2.36. The van der Waals surface area contributed by atoms with Crippen LogP contribution in [0.15, 0.2) is 48.0 Å². The van der Waals surface area contributed by atoms with Crippen LogP contribution in [0.2, 0.25) is 0 Å². The monoisotopic (exact) mass is 515 g/mol. The number of alkyl halides is 3. The summed E-state index contributed by atoms with van der Waals surface area (Å²) in [7, 11) is 1.51. The average Bonchev–Trinajstić information content (AvgIpc) is 3.49. The van der Waals surface area contributed by atoms with Crippen LogP contribution in [0.5, 0.6) is 5.75 Å². The van der Waals surface area contributed by atoms with Crippen molar-refractivity contribution in [2.24, 2.45) is 0 Å². The summed E-state index contributed by atoms with van der Waals surface area (Å²) in [6, 6.07) is 9.59. The predicted molar refractivity (Wildman–Crippen MR) is 130 cm³/mol. The first-order chi connectivity index (χ1) is 17.2. The number of carbonyl (C=O) groups excluding carboxylic acids is 1. The van der Waals surface area contributed by atoms with Gasteiger partial charge in [0.2, 0.25) is 0 Å². The number of aromatic nitrogens is 3. The molecule has 0 N–H and O–H groups in total. The lowest BCUT2D eigenvalue weighted by molar-refractivity contribution is -0.142. The van der Waals surface area contributed by atoms with Crippen molar-refractivity contribution < 1.29 is 22.7 Å². The maximum Gasteiger partial charge on any atom is 0.433 e. The fraction of sp³-hybridized carbons (Fsp3) is 0.320. The minimum Gasteiger partial charge on any atom is -0.497 e. The van der Waals surface area contributed by atoms with Crippen LogP contribution >= 0.6 is 11.3 Å². The van der Waals surface area contributed by atoms with E-state index >= 15 is 0 Å². The number of methoxy groups -OCH3 is 1. The Labute approximate surface area is 209 Å². The van der Waals surface area contributed by atoms with Crippen LogP contribution < -0.4 is 4.74 Å². The number of rotatable bonds is 5. The van der Waals surface area contributed by atoms with E-state index in [4.69, 9.17) is 4.74 Å². The van der Waals surface area contributed by atoms with Crippen molar-refractivity contribution in [1.29, 1.82) is 0 Å². The third-order valence-corrected chi connectivity index (χ3v) is 7.38. The van der Waals surface area contributed by atoms with Gasteiger partial charge in [0, 0.05) is 43.2 Å². The molecule has 36 heavy (non-hydrogen) atoms. The van der Waals surface area contributed by atoms with Crippen LogP contribution in [-0.2, 0) is 12.7 Å². The third-order valence-electron chi connectivity index (χ3n) is 6.37. The van der Waals surface area contributed by atoms with Crippen LogP contribution in [0.25, 0.3) is 16.9 Å². The fourth-order valence-electron chi connectivity index (χ4n) is 4.27. The van der Waals surface area contributed by atoms with Crippen LogP contribution in [0, 0.1) is 6.92 Å². The summed E-state index contributed by atoms with van der Waals surface area (Å²) in [5, 5.41) is 5.96. The van der Waals surface area contributed by atoms with Crippen LogP contribution in [0.4, 0.5) is 13.2 Å². The minimum absolute atomic E-state index is 0.0541. The molecule has 0 saturated carbocycles. The van der Waals surface area contributed by atoms with Gasteiger partial charge in [-0.1, -0.05) is 0 Å². The molecule has 1 saturated heterocycles. The lowest BCUT2D eigenvalue weighted by Crippen LogP contribution is -2.48. The van der Waals surface area contributed by atoms with Crippen molar-refractivity contribution >= 4 is 22.9 Å². The van der Waals surface area contributed by atoms with Crippen molar-refractivity contribution in [1.82, 2.24) is 24.4 Å². The Bertz CT molecular complexity index is 1390. The van der Waals surface area contributed by atoms with Gasteiger partial charge in [0.25, 0.3) is 5.91 Å². The van der Waals surface area contributed by atoms with Gasteiger partial charge in [-0.25, -0.2) is 9.50 Å². The zero-order valence-electron chi connectivity index (χ0n) is 19.7. The molecule has 0 bridgehead atoms. The summed E-state index contributed by atoms with van der Waals surface area (Å²) in [5.74, 6) is 0.203. The number of ether oxygens (including phenoxy) is 1. The van der Waals surface area contributed by atoms with E-state index in [1.165, 1.54) is 23.7 Å². The highest BCUT2D eigenvalue weighted by Crippen LogP contribution is 2.33. The molecule has 1 amide bonds. The summed E-state index contributed by atoms with van der Waals surface area (Å²) in [4.78, 5) is 23.0. The summed E-state index contributed by atoms with van der Waals surface area (Å²) in [5.41, 5.74) is 0.775. The van der Waals surface area contributed by atoms with Crippen molar-refractivity contribution in [3.8, 4) is 17.0 Å². The highest BCUT2D eigenvalue weighted by molar-refractivity contribution is 7.10. The Balaban J connectivity index is 1.43. The molecule has 0 unspecified atom stereocenters. The molecule has 1 aromatic carbocycles. The SMILES string of the molecule is COc1ccc(-c2cc(C(F)(F)F)n3ncc(C(=O)N4CCN(Cc5sccc5C)CC4)c3n2)cc1. The van der Waals surface area contributed by atoms with Crippen molar-refractivity contribution in [2.75, 3.05) is 33.3 Å². The zero-order valence-corrected chi connectivity index (χ0v) is 20.6. The number of thiophene rings is 1. The predicted octanol–water partition coefficient (Wildman–Crippen LogP) is 4.75. The van der Waals surface area contributed by atoms with Crippen LogP contribution in [0.3, 0.4) is 0 Å². The number of fused-ring (bicyclic) bond motifs is 1. The molecule has 7 nitrogen and oxygen atoms in total. The second-order valence-corrected chi connectivity index (χ2v) is 9.64. The molecule has 4 heterocycles. The summed E-state index contributed by atoms with van der Waals surface area (Å²) in [6.45, 7) is 5.22. The molecule has 1 aliphatic heterocycles. The molecular formula is C25H24F3N5O2S. The molecule has 11 heteroatoms. The van der Waals surface area contributed by atoms with Crippen LogP contribution in [-0.4, -0.2) is 63.6 Å². The number of amides is 1. The van der Waals surface area contributed by atoms with Crippen molar-refractivity contribution in [2.45, 2.75) is 19.6 Å². The molecule has 0 aliphatic carbocycles. The zero-order chi connectivity index (χ0) is 25.4. The molecular weight excluding hydrogens is 491 g/mol. The van der Waals surface area contributed by atoms with E-state index in [9.17, 15) is 18.0 Å². The van der Waals surface area contributed by atoms with Gasteiger partial charge in [-0.3, -0.25) is 9.69 Å². The number of aryl methyl sites for hydroxylation is 1. The Morgan fingerprint density at radius 1 is 1.11 bits per heavy atom. The number of piperazine rings is 1. The van der Waals surface area contributed by atoms with Gasteiger partial charge in [-0.05, 0) is 54.3 Å². The van der Waals surface area contributed by atoms with Crippen LogP contribution in [0.1, 0.15) is 26.5 Å². The lowest BCUT2D eigenvalue weighted by atomic mass is 10.1. The maximum atomic E-state index is 13.9. The normalized spacial score (nSPS) is 15.0. The highest BCUT2D eigenvalue weighted by atomic mass is 32.1. The first kappa shape index (κ1) is 24.3. The number of halogens is 3. The van der Waals surface area contributed by atoms with E-state index in [0.29, 0.717) is 42.0 Å². The second-order valence-electron chi connectivity index (χ2n) is 8.64. The van der Waals surface area contributed by atoms with Gasteiger partial charge in [-0.15, -0.1) is 11.3 Å². The summed E-state index contributed by atoms with van der Waals surface area (Å²) < 4.78 is 47.6. The average molecular weight is 516 g/mol. The summed E-state index contributed by atoms with van der Waals surface area (Å²) >= 11 is 1.71. The van der Waals surface area contributed by atoms with Gasteiger partial charge in [0.05, 0.1) is 19.0 Å². The van der Waals surface area contributed by atoms with Gasteiger partial charge in [0.15, 0.2) is 11.3 Å². The molecule has 0 spiro atoms. The Morgan fingerprint density at radius 2 is 1.83 bits per heavy atom. The molecule has 0 radical (unpaired) electrons. The topological polar surface area (TPSA) is 63.0 Å². The van der Waals surface area contributed by atoms with E-state index in [0.717, 1.165) is 12.6 Å². The van der Waals surface area contributed by atoms with Gasteiger partial charge in [0.1, 0.15) is 11.3 Å². The van der Waals surface area contributed by atoms with Crippen molar-refractivity contribution in [3.05, 3.63) is 69.7 Å². The van der Waals surface area contributed by atoms with E-state index < -0.39 is 11.9 Å². The molecule has 188 valence electrons. The molecule has 5 rings (SSSR count). The number of benzene rings is 1. The Morgan fingerprint density at radius 3 is 2.44 bits per heavy atom. The number of hydrogen-bond acceptors (Lipinski definition) is 6. The van der Waals surface area contributed by atoms with E-state index in [1.807, 2.05) is 0 Å². The molecule has 3 aromatic heterocycles. The first-order valence-electron chi connectivity index (χ1n) is 11.4. The first-order valence-corrected chi connectivity index (χ1v) is 12.3. The standard InChI is InChI=1S/C25H24F3N5O2S/c1-16-7-12-36-21(16)15-31-8-10-32(11-9-31)24(34)19-14-29-33-22(25(26,27)28)13-20(30-23(19)33)17-3-5-18(35-2)6-4-17/h3-7,12-14H,8-11,15H2,1-2H3. The maximum absolute atomic E-state index is 13.9. The molecule has 1 aliphatic rings. The minimum atomic E-state index is -4.68. The molecule has 1 fully saturated rings. The second kappa shape index (κ2) is 9.55. The van der Waals surface area contributed by atoms with E-state index in [1.54, 1.807) is 40.5 Å². The quantitative estimate of drug-likeness (QED) is 0.384. The number of carbonyl (C=O) groups is 1. The number of nitrogens with zero attached hydrogens (tertiary/aromatic N) is 5. The van der Waals surface area contributed by atoms with E-state index in [2.05, 4.69) is 33.4 Å². The molecule has 4 aromatic rings. The Hall–Kier alpha value is -3.44. The van der Waals surface area contributed by atoms with Crippen molar-refractivity contribution in [3.63, 3.8) is 0 Å². The van der Waals surface area contributed by atoms with Gasteiger partial charge in [-0.2, -0.15) is 18.3 Å². The third kappa shape index (κ3) is 4.68. The lowest BCUT2D eigenvalue weighted by Gasteiger charge is -2.34. The largest absolute Gasteiger partial charge is 0.497 e. The Kier molecular flexibility index (Phi) is 6.44. The molecule has 0 atom stereocenters. The van der Waals surface area contributed by atoms with Gasteiger partial charge >= 0.3 is 6.18 Å². The smallest absolute Gasteiger partial charge is 0.433 e. The van der Waals surface area contributed by atoms with Gasteiger partial charge < -0.3 is 9.64 Å². The number of hydrogen-bond donors (Lipinski definition) is 0. The fourth-order valence-corrected chi connectivity index (χ4v) is 5.22. The summed E-state index contributed by atoms with van der Waals surface area (Å²) in [6.07, 6.45) is -3.50. The van der Waals surface area contributed by atoms with E-state index in [-0.39, 0.29) is 22.8 Å².